The van der Waals surface area contributed by atoms with Crippen LogP contribution in [0.3, 0.4) is 0 Å². The number of hydrogen-bond donors (Lipinski definition) is 1. The van der Waals surface area contributed by atoms with E-state index in [9.17, 15) is 22.8 Å². The Hall–Kier alpha value is -2.74. The number of benzene rings is 2. The summed E-state index contributed by atoms with van der Waals surface area (Å²) in [7, 11) is 0. The maximum atomic E-state index is 15.0. The largest absolute Gasteiger partial charge is 0.466 e. The Bertz CT molecular complexity index is 998. The smallest absolute Gasteiger partial charge is 0.408 e. The molecular formula is C23H25ClF3NO4. The topological polar surface area (TPSA) is 64.6 Å². The molecule has 0 aliphatic rings. The molecule has 0 unspecified atom stereocenters. The molecule has 0 bridgehead atoms. The number of carbonyl (C=O) groups is 2. The van der Waals surface area contributed by atoms with Gasteiger partial charge in [-0.05, 0) is 63.9 Å². The van der Waals surface area contributed by atoms with E-state index in [0.717, 1.165) is 12.1 Å². The molecule has 32 heavy (non-hydrogen) atoms. The lowest BCUT2D eigenvalue weighted by Crippen LogP contribution is -2.36. The fourth-order valence-electron chi connectivity index (χ4n) is 3.10. The van der Waals surface area contributed by atoms with Gasteiger partial charge in [0, 0.05) is 17.2 Å². The van der Waals surface area contributed by atoms with Crippen molar-refractivity contribution in [1.82, 2.24) is 5.32 Å². The van der Waals surface area contributed by atoms with Crippen molar-refractivity contribution in [3.05, 3.63) is 57.9 Å². The van der Waals surface area contributed by atoms with E-state index in [1.54, 1.807) is 27.7 Å². The van der Waals surface area contributed by atoms with Crippen LogP contribution in [-0.2, 0) is 14.3 Å². The zero-order chi connectivity index (χ0) is 24.2. The number of esters is 1. The van der Waals surface area contributed by atoms with Gasteiger partial charge in [-0.15, -0.1) is 0 Å². The van der Waals surface area contributed by atoms with Gasteiger partial charge in [0.15, 0.2) is 0 Å². The van der Waals surface area contributed by atoms with Gasteiger partial charge in [0.1, 0.15) is 23.1 Å². The lowest BCUT2D eigenvalue weighted by Gasteiger charge is -2.24. The SMILES string of the molecule is CCOC(=O)C[C@H](NC(=O)OC(C)(C)C)c1cc(-c2c(F)cc(F)cc2Cl)c(C)cc1F. The molecule has 2 rings (SSSR count). The Morgan fingerprint density at radius 3 is 2.31 bits per heavy atom. The zero-order valence-corrected chi connectivity index (χ0v) is 19.2. The lowest BCUT2D eigenvalue weighted by molar-refractivity contribution is -0.143. The molecule has 1 N–H and O–H groups in total. The standard InChI is InChI=1S/C23H25ClF3NO4/c1-6-31-20(29)11-19(28-22(30)32-23(3,4)5)15-10-14(12(2)7-17(15)26)21-16(24)8-13(25)9-18(21)27/h7-10,19H,6,11H2,1-5H3,(H,28,30)/t19-/m0/s1. The third kappa shape index (κ3) is 6.63. The summed E-state index contributed by atoms with van der Waals surface area (Å²) in [4.78, 5) is 24.4. The molecule has 9 heteroatoms. The summed E-state index contributed by atoms with van der Waals surface area (Å²) in [5, 5.41) is 2.26. The number of halogens is 4. The van der Waals surface area contributed by atoms with Crippen LogP contribution in [-0.4, -0.2) is 24.3 Å². The van der Waals surface area contributed by atoms with Gasteiger partial charge >= 0.3 is 12.1 Å². The number of amides is 1. The van der Waals surface area contributed by atoms with E-state index in [-0.39, 0.29) is 28.3 Å². The molecule has 2 aromatic rings. The Labute approximate surface area is 189 Å². The second kappa shape index (κ2) is 10.3. The molecule has 0 saturated carbocycles. The Morgan fingerprint density at radius 2 is 1.75 bits per heavy atom. The number of hydrogen-bond acceptors (Lipinski definition) is 4. The van der Waals surface area contributed by atoms with Gasteiger partial charge in [0.2, 0.25) is 0 Å². The first-order valence-corrected chi connectivity index (χ1v) is 10.3. The van der Waals surface area contributed by atoms with E-state index in [4.69, 9.17) is 21.1 Å². The zero-order valence-electron chi connectivity index (χ0n) is 18.4. The predicted molar refractivity (Wildman–Crippen MR) is 115 cm³/mol. The summed E-state index contributed by atoms with van der Waals surface area (Å²) in [6.07, 6.45) is -1.27. The van der Waals surface area contributed by atoms with E-state index >= 15 is 0 Å². The molecular weight excluding hydrogens is 447 g/mol. The van der Waals surface area contributed by atoms with Gasteiger partial charge in [0.05, 0.1) is 24.1 Å². The average molecular weight is 472 g/mol. The minimum atomic E-state index is -1.18. The summed E-state index contributed by atoms with van der Waals surface area (Å²) in [5.41, 5.74) is -0.557. The van der Waals surface area contributed by atoms with Crippen molar-refractivity contribution < 1.29 is 32.2 Å². The van der Waals surface area contributed by atoms with Crippen LogP contribution >= 0.6 is 11.6 Å². The van der Waals surface area contributed by atoms with Crippen LogP contribution in [0.15, 0.2) is 24.3 Å². The lowest BCUT2D eigenvalue weighted by atomic mass is 9.93. The van der Waals surface area contributed by atoms with Crippen LogP contribution in [0.25, 0.3) is 11.1 Å². The number of aryl methyl sites for hydroxylation is 1. The van der Waals surface area contributed by atoms with E-state index < -0.39 is 47.6 Å². The van der Waals surface area contributed by atoms with Crippen molar-refractivity contribution >= 4 is 23.7 Å². The van der Waals surface area contributed by atoms with Gasteiger partial charge in [-0.1, -0.05) is 11.6 Å². The molecule has 0 saturated heterocycles. The van der Waals surface area contributed by atoms with Crippen LogP contribution in [0.2, 0.25) is 5.02 Å². The average Bonchev–Trinajstić information content (AvgIpc) is 2.60. The molecule has 0 fully saturated rings. The monoisotopic (exact) mass is 471 g/mol. The van der Waals surface area contributed by atoms with Gasteiger partial charge < -0.3 is 14.8 Å². The number of alkyl carbamates (subject to hydrolysis) is 1. The van der Waals surface area contributed by atoms with Crippen molar-refractivity contribution in [2.24, 2.45) is 0 Å². The Morgan fingerprint density at radius 1 is 1.09 bits per heavy atom. The molecule has 5 nitrogen and oxygen atoms in total. The van der Waals surface area contributed by atoms with Crippen molar-refractivity contribution in [2.45, 2.75) is 52.7 Å². The van der Waals surface area contributed by atoms with Gasteiger partial charge in [0.25, 0.3) is 0 Å². The van der Waals surface area contributed by atoms with Gasteiger partial charge in [-0.2, -0.15) is 0 Å². The number of nitrogens with one attached hydrogen (secondary N) is 1. The molecule has 2 aromatic carbocycles. The quantitative estimate of drug-likeness (QED) is 0.505. The fourth-order valence-corrected chi connectivity index (χ4v) is 3.40. The van der Waals surface area contributed by atoms with Crippen LogP contribution < -0.4 is 5.32 Å². The summed E-state index contributed by atoms with van der Waals surface area (Å²) in [6.45, 7) is 8.18. The second-order valence-electron chi connectivity index (χ2n) is 8.14. The van der Waals surface area contributed by atoms with Crippen LogP contribution in [0, 0.1) is 24.4 Å². The first-order chi connectivity index (χ1) is 14.8. The predicted octanol–water partition coefficient (Wildman–Crippen LogP) is 6.25. The third-order valence-electron chi connectivity index (χ3n) is 4.36. The molecule has 0 aliphatic heterocycles. The summed E-state index contributed by atoms with van der Waals surface area (Å²) >= 11 is 6.06. The number of carbonyl (C=O) groups excluding carboxylic acids is 2. The molecule has 0 aliphatic carbocycles. The van der Waals surface area contributed by atoms with Crippen molar-refractivity contribution in [3.8, 4) is 11.1 Å². The van der Waals surface area contributed by atoms with Gasteiger partial charge in [-0.3, -0.25) is 4.79 Å². The number of ether oxygens (including phenoxy) is 2. The van der Waals surface area contributed by atoms with E-state index in [2.05, 4.69) is 5.32 Å². The highest BCUT2D eigenvalue weighted by atomic mass is 35.5. The van der Waals surface area contributed by atoms with Crippen LogP contribution in [0.4, 0.5) is 18.0 Å². The second-order valence-corrected chi connectivity index (χ2v) is 8.55. The van der Waals surface area contributed by atoms with E-state index in [1.165, 1.54) is 13.0 Å². The van der Waals surface area contributed by atoms with Gasteiger partial charge in [-0.25, -0.2) is 18.0 Å². The molecule has 174 valence electrons. The fraction of sp³-hybridized carbons (Fsp3) is 0.391. The van der Waals surface area contributed by atoms with Crippen molar-refractivity contribution in [3.63, 3.8) is 0 Å². The third-order valence-corrected chi connectivity index (χ3v) is 4.66. The highest BCUT2D eigenvalue weighted by molar-refractivity contribution is 6.33. The summed E-state index contributed by atoms with van der Waals surface area (Å²) in [5.74, 6) is -3.21. The van der Waals surface area contributed by atoms with E-state index in [1.807, 2.05) is 0 Å². The summed E-state index contributed by atoms with van der Waals surface area (Å²) < 4.78 is 53.1. The first kappa shape index (κ1) is 25.5. The highest BCUT2D eigenvalue weighted by Crippen LogP contribution is 2.36. The van der Waals surface area contributed by atoms with Crippen LogP contribution in [0.5, 0.6) is 0 Å². The molecule has 1 amide bonds. The van der Waals surface area contributed by atoms with Crippen LogP contribution in [0.1, 0.15) is 51.3 Å². The normalized spacial score (nSPS) is 12.3. The highest BCUT2D eigenvalue weighted by Gasteiger charge is 2.27. The molecule has 0 aromatic heterocycles. The molecule has 0 radical (unpaired) electrons. The maximum absolute atomic E-state index is 15.0. The summed E-state index contributed by atoms with van der Waals surface area (Å²) in [6, 6.07) is 2.83. The first-order valence-electron chi connectivity index (χ1n) is 9.92. The Balaban J connectivity index is 2.56. The van der Waals surface area contributed by atoms with Crippen molar-refractivity contribution in [2.75, 3.05) is 6.61 Å². The van der Waals surface area contributed by atoms with E-state index in [0.29, 0.717) is 11.6 Å². The van der Waals surface area contributed by atoms with Crippen molar-refractivity contribution in [1.29, 1.82) is 0 Å². The Kier molecular flexibility index (Phi) is 8.18. The molecule has 1 atom stereocenters. The maximum Gasteiger partial charge on any atom is 0.408 e. The molecule has 0 heterocycles. The minimum absolute atomic E-state index is 0.0933. The number of rotatable bonds is 6. The molecule has 0 spiro atoms. The minimum Gasteiger partial charge on any atom is -0.466 e.